The van der Waals surface area contributed by atoms with Gasteiger partial charge in [-0.05, 0) is 78.7 Å². The third kappa shape index (κ3) is 12.0. The van der Waals surface area contributed by atoms with E-state index in [0.29, 0.717) is 62.0 Å². The van der Waals surface area contributed by atoms with E-state index in [9.17, 15) is 9.59 Å². The average Bonchev–Trinajstić information content (AvgIpc) is 4.15. The summed E-state index contributed by atoms with van der Waals surface area (Å²) in [5.74, 6) is 0.301. The van der Waals surface area contributed by atoms with Crippen LogP contribution in [0.3, 0.4) is 0 Å². The molecule has 0 spiro atoms. The smallest absolute Gasteiger partial charge is 0.343 e. The van der Waals surface area contributed by atoms with Gasteiger partial charge in [0.05, 0.1) is 47.4 Å². The Bertz CT molecular complexity index is 2220. The Morgan fingerprint density at radius 1 is 0.817 bits per heavy atom. The molecular formula is C43H43N3O13S. The van der Waals surface area contributed by atoms with Gasteiger partial charge >= 0.3 is 11.9 Å². The minimum Gasteiger partial charge on any atom is -0.467 e. The highest BCUT2D eigenvalue weighted by Crippen LogP contribution is 2.32. The number of anilines is 1. The second kappa shape index (κ2) is 20.1. The van der Waals surface area contributed by atoms with Crippen LogP contribution in [0.4, 0.5) is 5.13 Å². The monoisotopic (exact) mass is 841 g/mol. The van der Waals surface area contributed by atoms with Gasteiger partial charge in [-0.2, -0.15) is 5.10 Å². The number of para-hydroxylation sites is 1. The maximum atomic E-state index is 13.8. The molecule has 3 atom stereocenters. The molecule has 8 rings (SSSR count). The molecule has 3 unspecified atom stereocenters. The number of nitrogens with zero attached hydrogens (tertiary/aromatic N) is 3. The minimum absolute atomic E-state index is 0.0519. The Morgan fingerprint density at radius 3 is 2.30 bits per heavy atom. The average molecular weight is 842 g/mol. The third-order valence-electron chi connectivity index (χ3n) is 9.00. The zero-order chi connectivity index (χ0) is 41.1. The summed E-state index contributed by atoms with van der Waals surface area (Å²) in [5.41, 5.74) is 2.81. The van der Waals surface area contributed by atoms with Crippen LogP contribution < -0.4 is 24.0 Å². The zero-order valence-corrected chi connectivity index (χ0v) is 33.5. The second-order valence-corrected chi connectivity index (χ2v) is 14.6. The molecule has 3 aliphatic rings. The van der Waals surface area contributed by atoms with Crippen molar-refractivity contribution < 1.29 is 61.7 Å². The molecule has 60 heavy (non-hydrogen) atoms. The van der Waals surface area contributed by atoms with Gasteiger partial charge in [-0.25, -0.2) is 19.6 Å². The summed E-state index contributed by atoms with van der Waals surface area (Å²) in [7, 11) is 0. The molecule has 0 radical (unpaired) electrons. The number of hydrazone groups is 1. The van der Waals surface area contributed by atoms with Crippen LogP contribution in [-0.2, 0) is 39.6 Å². The highest BCUT2D eigenvalue weighted by Gasteiger charge is 2.25. The lowest BCUT2D eigenvalue weighted by molar-refractivity contribution is -0.0378. The van der Waals surface area contributed by atoms with Gasteiger partial charge in [-0.1, -0.05) is 36.5 Å². The summed E-state index contributed by atoms with van der Waals surface area (Å²) >= 11 is 1.54. The van der Waals surface area contributed by atoms with Crippen molar-refractivity contribution in [2.24, 2.45) is 5.10 Å². The molecule has 0 N–H and O–H groups in total. The molecule has 3 aliphatic heterocycles. The van der Waals surface area contributed by atoms with Gasteiger partial charge in [0.25, 0.3) is 0 Å². The van der Waals surface area contributed by atoms with E-state index in [1.807, 2.05) is 41.4 Å². The fraction of sp³-hybridized carbons (Fsp3) is 0.349. The molecule has 0 bridgehead atoms. The summed E-state index contributed by atoms with van der Waals surface area (Å²) in [6.07, 6.45) is 2.39. The van der Waals surface area contributed by atoms with Crippen molar-refractivity contribution in [2.75, 3.05) is 65.0 Å². The van der Waals surface area contributed by atoms with Crippen molar-refractivity contribution in [3.8, 4) is 23.0 Å². The topological polar surface area (TPSA) is 174 Å². The van der Waals surface area contributed by atoms with Crippen molar-refractivity contribution in [3.05, 3.63) is 107 Å². The number of benzene rings is 4. The molecule has 17 heteroatoms. The van der Waals surface area contributed by atoms with Gasteiger partial charge in [-0.15, -0.1) is 0 Å². The Hall–Kier alpha value is -5.66. The highest BCUT2D eigenvalue weighted by atomic mass is 32.1. The van der Waals surface area contributed by atoms with Crippen LogP contribution >= 0.6 is 11.3 Å². The highest BCUT2D eigenvalue weighted by molar-refractivity contribution is 7.22. The van der Waals surface area contributed by atoms with Crippen LogP contribution in [-0.4, -0.2) is 102 Å². The van der Waals surface area contributed by atoms with Crippen LogP contribution in [0.1, 0.15) is 45.2 Å². The number of hydrogen-bond donors (Lipinski definition) is 0. The molecule has 314 valence electrons. The first-order valence-electron chi connectivity index (χ1n) is 19.4. The Morgan fingerprint density at radius 2 is 1.55 bits per heavy atom. The fourth-order valence-electron chi connectivity index (χ4n) is 5.59. The molecule has 0 amide bonds. The fourth-order valence-corrected chi connectivity index (χ4v) is 6.54. The lowest BCUT2D eigenvalue weighted by Gasteiger charge is -2.16. The van der Waals surface area contributed by atoms with Crippen LogP contribution in [0.2, 0.25) is 0 Å². The number of carbonyl (C=O) groups is 2. The largest absolute Gasteiger partial charge is 0.467 e. The molecule has 3 fully saturated rings. The zero-order valence-electron chi connectivity index (χ0n) is 32.7. The Kier molecular flexibility index (Phi) is 13.7. The van der Waals surface area contributed by atoms with Crippen molar-refractivity contribution >= 4 is 44.8 Å². The summed E-state index contributed by atoms with van der Waals surface area (Å²) in [6, 6.07) is 24.6. The van der Waals surface area contributed by atoms with E-state index in [4.69, 9.17) is 62.2 Å². The molecular weight excluding hydrogens is 799 g/mol. The van der Waals surface area contributed by atoms with Gasteiger partial charge < -0.3 is 52.1 Å². The van der Waals surface area contributed by atoms with Crippen molar-refractivity contribution in [2.45, 2.75) is 38.4 Å². The molecule has 4 aromatic carbocycles. The quantitative estimate of drug-likeness (QED) is 0.0128. The molecule has 0 aliphatic carbocycles. The summed E-state index contributed by atoms with van der Waals surface area (Å²) in [6.45, 7) is 4.76. The first-order valence-corrected chi connectivity index (χ1v) is 20.3. The van der Waals surface area contributed by atoms with Gasteiger partial charge in [-0.3, -0.25) is 0 Å². The SMILES string of the molecule is CCCN(/N=C/c1cc(CCOC(=O)c2ccc(OCOC3CO3)cc2)ccc1OC(=O)c1ccc(OCOC2CO2)c(OCOCC2CO2)c1)c1nc2ccccc2s1. The van der Waals surface area contributed by atoms with E-state index in [2.05, 4.69) is 6.92 Å². The number of aromatic nitrogens is 1. The van der Waals surface area contributed by atoms with E-state index < -0.39 is 11.9 Å². The maximum Gasteiger partial charge on any atom is 0.343 e. The first-order chi connectivity index (χ1) is 29.5. The van der Waals surface area contributed by atoms with E-state index in [1.165, 1.54) is 17.4 Å². The van der Waals surface area contributed by atoms with Gasteiger partial charge in [0.15, 0.2) is 44.5 Å². The van der Waals surface area contributed by atoms with Crippen molar-refractivity contribution in [3.63, 3.8) is 0 Å². The lowest BCUT2D eigenvalue weighted by atomic mass is 10.1. The minimum atomic E-state index is -0.643. The molecule has 5 aromatic rings. The number of esters is 2. The summed E-state index contributed by atoms with van der Waals surface area (Å²) < 4.78 is 61.4. The molecule has 4 heterocycles. The number of hydrogen-bond acceptors (Lipinski definition) is 17. The molecule has 1 aromatic heterocycles. The number of thiazole rings is 1. The number of fused-ring (bicyclic) bond motifs is 1. The normalized spacial score (nSPS) is 17.6. The maximum absolute atomic E-state index is 13.8. The predicted octanol–water partition coefficient (Wildman–Crippen LogP) is 6.34. The van der Waals surface area contributed by atoms with Crippen LogP contribution in [0.25, 0.3) is 10.2 Å². The molecule has 3 saturated heterocycles. The van der Waals surface area contributed by atoms with Crippen molar-refractivity contribution in [1.29, 1.82) is 0 Å². The van der Waals surface area contributed by atoms with E-state index in [1.54, 1.807) is 48.7 Å². The molecule has 0 saturated carbocycles. The van der Waals surface area contributed by atoms with Crippen molar-refractivity contribution in [1.82, 2.24) is 4.98 Å². The number of epoxide rings is 3. The van der Waals surface area contributed by atoms with Crippen LogP contribution in [0.5, 0.6) is 23.0 Å². The summed E-state index contributed by atoms with van der Waals surface area (Å²) in [5, 5.41) is 7.38. The second-order valence-electron chi connectivity index (χ2n) is 13.6. The summed E-state index contributed by atoms with van der Waals surface area (Å²) in [4.78, 5) is 31.4. The number of ether oxygens (including phenoxy) is 11. The van der Waals surface area contributed by atoms with Gasteiger partial charge in [0.2, 0.25) is 5.13 Å². The standard InChI is InChI=1S/C43H43N3O13S/c1-2-16-46(43-45-34-5-3-4-6-38(34)60-43)44-20-31-18-28(15-17-50-41(47)29-8-11-32(12-9-29)54-26-57-39-23-52-39)7-13-35(31)59-42(48)30-10-14-36(56-27-58-40-24-53-40)37(19-30)55-25-49-21-33-22-51-33/h3-14,18-20,33,39-40H,2,15-17,21-27H2,1H3/b44-20+. The third-order valence-corrected chi connectivity index (χ3v) is 10.1. The Balaban J connectivity index is 0.968. The van der Waals surface area contributed by atoms with Crippen LogP contribution in [0.15, 0.2) is 90.0 Å². The van der Waals surface area contributed by atoms with Gasteiger partial charge in [0.1, 0.15) is 30.8 Å². The van der Waals surface area contributed by atoms with Crippen LogP contribution in [0, 0.1) is 0 Å². The number of carbonyl (C=O) groups excluding carboxylic acids is 2. The Labute approximate surface area is 349 Å². The van der Waals surface area contributed by atoms with Gasteiger partial charge in [0, 0.05) is 18.5 Å². The molecule has 16 nitrogen and oxygen atoms in total. The van der Waals surface area contributed by atoms with E-state index in [0.717, 1.165) is 27.3 Å². The van der Waals surface area contributed by atoms with E-state index in [-0.39, 0.29) is 62.7 Å². The first kappa shape index (κ1) is 41.1. The number of rotatable bonds is 24. The predicted molar refractivity (Wildman–Crippen MR) is 217 cm³/mol. The van der Waals surface area contributed by atoms with E-state index >= 15 is 0 Å². The lowest BCUT2D eigenvalue weighted by Crippen LogP contribution is -2.17.